The van der Waals surface area contributed by atoms with Crippen LogP contribution in [0.5, 0.6) is 0 Å². The summed E-state index contributed by atoms with van der Waals surface area (Å²) in [6.07, 6.45) is 2.65. The van der Waals surface area contributed by atoms with Crippen molar-refractivity contribution in [1.82, 2.24) is 4.98 Å². The van der Waals surface area contributed by atoms with Crippen LogP contribution < -0.4 is 5.73 Å². The Morgan fingerprint density at radius 3 is 2.55 bits per heavy atom. The predicted octanol–water partition coefficient (Wildman–Crippen LogP) is 3.76. The van der Waals surface area contributed by atoms with Gasteiger partial charge in [-0.25, -0.2) is 4.98 Å². The number of hydrogen-bond donors (Lipinski definition) is 1. The fourth-order valence-electron chi connectivity index (χ4n) is 2.75. The van der Waals surface area contributed by atoms with E-state index in [4.69, 9.17) is 10.5 Å². The maximum Gasteiger partial charge on any atom is 0.0955 e. The van der Waals surface area contributed by atoms with Crippen molar-refractivity contribution < 1.29 is 4.74 Å². The van der Waals surface area contributed by atoms with Crippen LogP contribution in [0, 0.1) is 0 Å². The topological polar surface area (TPSA) is 48.1 Å². The van der Waals surface area contributed by atoms with Gasteiger partial charge in [-0.05, 0) is 31.9 Å². The molecule has 0 radical (unpaired) electrons. The first-order valence-electron chi connectivity index (χ1n) is 7.39. The zero-order valence-electron chi connectivity index (χ0n) is 12.6. The lowest BCUT2D eigenvalue weighted by atomic mass is 9.87. The minimum atomic E-state index is -0.230. The van der Waals surface area contributed by atoms with Gasteiger partial charge >= 0.3 is 0 Å². The number of aromatic nitrogens is 1. The first-order valence-corrected chi connectivity index (χ1v) is 8.20. The normalized spacial score (nSPS) is 13.8. The highest BCUT2D eigenvalue weighted by Gasteiger charge is 2.34. The molecule has 1 heterocycles. The van der Waals surface area contributed by atoms with Crippen molar-refractivity contribution in [3.05, 3.63) is 29.3 Å². The van der Waals surface area contributed by atoms with Crippen LogP contribution in [-0.4, -0.2) is 23.2 Å². The van der Waals surface area contributed by atoms with Gasteiger partial charge in [0.1, 0.15) is 0 Å². The van der Waals surface area contributed by atoms with E-state index in [2.05, 4.69) is 31.0 Å². The third-order valence-electron chi connectivity index (χ3n) is 4.04. The molecule has 2 rings (SSSR count). The van der Waals surface area contributed by atoms with Crippen LogP contribution in [0.1, 0.15) is 38.6 Å². The van der Waals surface area contributed by atoms with Crippen molar-refractivity contribution in [3.63, 3.8) is 0 Å². The summed E-state index contributed by atoms with van der Waals surface area (Å²) in [6.45, 7) is 7.04. The van der Waals surface area contributed by atoms with Crippen LogP contribution in [0.4, 0.5) is 0 Å². The fourth-order valence-corrected chi connectivity index (χ4v) is 3.78. The Bertz CT molecular complexity index is 515. The summed E-state index contributed by atoms with van der Waals surface area (Å²) >= 11 is 1.73. The summed E-state index contributed by atoms with van der Waals surface area (Å²) in [7, 11) is 0. The lowest BCUT2D eigenvalue weighted by Crippen LogP contribution is -2.50. The van der Waals surface area contributed by atoms with Crippen molar-refractivity contribution in [1.29, 1.82) is 0 Å². The van der Waals surface area contributed by atoms with Crippen LogP contribution in [0.3, 0.4) is 0 Å². The lowest BCUT2D eigenvalue weighted by molar-refractivity contribution is -0.0633. The minimum absolute atomic E-state index is 0.0157. The maximum absolute atomic E-state index is 6.46. The number of fused-ring (bicyclic) bond motifs is 1. The van der Waals surface area contributed by atoms with Gasteiger partial charge in [-0.3, -0.25) is 0 Å². The molecule has 1 aromatic carbocycles. The van der Waals surface area contributed by atoms with E-state index in [1.807, 2.05) is 19.1 Å². The van der Waals surface area contributed by atoms with Gasteiger partial charge in [0.2, 0.25) is 0 Å². The van der Waals surface area contributed by atoms with E-state index in [1.54, 1.807) is 11.3 Å². The number of nitrogens with zero attached hydrogens (tertiary/aromatic N) is 1. The molecule has 1 atom stereocenters. The van der Waals surface area contributed by atoms with E-state index in [0.29, 0.717) is 6.61 Å². The molecule has 2 aromatic rings. The summed E-state index contributed by atoms with van der Waals surface area (Å²) in [5, 5.41) is 1.10. The first-order chi connectivity index (χ1) is 9.65. The molecule has 20 heavy (non-hydrogen) atoms. The van der Waals surface area contributed by atoms with Gasteiger partial charge in [-0.15, -0.1) is 11.3 Å². The molecule has 2 N–H and O–H groups in total. The smallest absolute Gasteiger partial charge is 0.0955 e. The highest BCUT2D eigenvalue weighted by Crippen LogP contribution is 2.28. The lowest BCUT2D eigenvalue weighted by Gasteiger charge is -2.37. The molecular formula is C16H24N2OS. The number of ether oxygens (including phenoxy) is 1. The van der Waals surface area contributed by atoms with Crippen molar-refractivity contribution in [2.75, 3.05) is 6.61 Å². The fraction of sp³-hybridized carbons (Fsp3) is 0.562. The average molecular weight is 292 g/mol. The van der Waals surface area contributed by atoms with Gasteiger partial charge < -0.3 is 10.5 Å². The van der Waals surface area contributed by atoms with Crippen LogP contribution in [0.25, 0.3) is 10.2 Å². The molecule has 0 spiro atoms. The van der Waals surface area contributed by atoms with E-state index < -0.39 is 0 Å². The summed E-state index contributed by atoms with van der Waals surface area (Å²) in [5.41, 5.74) is 7.29. The van der Waals surface area contributed by atoms with E-state index >= 15 is 0 Å². The second-order valence-electron chi connectivity index (χ2n) is 5.09. The standard InChI is InChI=1S/C16H24N2OS/c1-4-16(5-2,19-6-3)14(17)11-15-18-12-9-7-8-10-13(12)20-15/h7-10,14H,4-6,11,17H2,1-3H3. The molecule has 0 saturated carbocycles. The Morgan fingerprint density at radius 1 is 1.25 bits per heavy atom. The number of rotatable bonds is 7. The molecular weight excluding hydrogens is 268 g/mol. The van der Waals surface area contributed by atoms with Gasteiger partial charge in [0.25, 0.3) is 0 Å². The molecule has 0 fully saturated rings. The molecule has 3 nitrogen and oxygen atoms in total. The summed E-state index contributed by atoms with van der Waals surface area (Å²) in [6, 6.07) is 8.22. The molecule has 110 valence electrons. The Balaban J connectivity index is 2.18. The van der Waals surface area contributed by atoms with Crippen molar-refractivity contribution in [2.24, 2.45) is 5.73 Å². The summed E-state index contributed by atoms with van der Waals surface area (Å²) in [4.78, 5) is 4.68. The quantitative estimate of drug-likeness (QED) is 0.845. The van der Waals surface area contributed by atoms with Gasteiger partial charge in [0.15, 0.2) is 0 Å². The minimum Gasteiger partial charge on any atom is -0.374 e. The molecule has 0 aliphatic carbocycles. The summed E-state index contributed by atoms with van der Waals surface area (Å²) in [5.74, 6) is 0. The largest absolute Gasteiger partial charge is 0.374 e. The van der Waals surface area contributed by atoms with E-state index in [-0.39, 0.29) is 11.6 Å². The molecule has 0 amide bonds. The number of para-hydroxylation sites is 1. The third kappa shape index (κ3) is 3.03. The number of benzene rings is 1. The SMILES string of the molecule is CCOC(CC)(CC)C(N)Cc1nc2ccccc2s1. The van der Waals surface area contributed by atoms with Crippen LogP contribution in [0.2, 0.25) is 0 Å². The number of thiazole rings is 1. The zero-order chi connectivity index (χ0) is 14.6. The second kappa shape index (κ2) is 6.66. The predicted molar refractivity (Wildman–Crippen MR) is 86.2 cm³/mol. The molecule has 1 aromatic heterocycles. The second-order valence-corrected chi connectivity index (χ2v) is 6.21. The average Bonchev–Trinajstić information content (AvgIpc) is 2.86. The van der Waals surface area contributed by atoms with E-state index in [9.17, 15) is 0 Å². The molecule has 4 heteroatoms. The van der Waals surface area contributed by atoms with Gasteiger partial charge in [0.05, 0.1) is 20.8 Å². The Labute approximate surface area is 125 Å². The van der Waals surface area contributed by atoms with Crippen LogP contribution in [-0.2, 0) is 11.2 Å². The van der Waals surface area contributed by atoms with E-state index in [0.717, 1.165) is 29.8 Å². The van der Waals surface area contributed by atoms with Gasteiger partial charge in [-0.1, -0.05) is 26.0 Å². The molecule has 0 bridgehead atoms. The highest BCUT2D eigenvalue weighted by atomic mass is 32.1. The van der Waals surface area contributed by atoms with Crippen molar-refractivity contribution in [2.45, 2.75) is 51.7 Å². The Morgan fingerprint density at radius 2 is 1.95 bits per heavy atom. The molecule has 0 saturated heterocycles. The van der Waals surface area contributed by atoms with Crippen LogP contribution in [0.15, 0.2) is 24.3 Å². The first kappa shape index (κ1) is 15.4. The Hall–Kier alpha value is -0.970. The van der Waals surface area contributed by atoms with Gasteiger partial charge in [0, 0.05) is 19.1 Å². The van der Waals surface area contributed by atoms with Crippen molar-refractivity contribution in [3.8, 4) is 0 Å². The monoisotopic (exact) mass is 292 g/mol. The van der Waals surface area contributed by atoms with Crippen molar-refractivity contribution >= 4 is 21.6 Å². The Kier molecular flexibility index (Phi) is 5.13. The maximum atomic E-state index is 6.46. The summed E-state index contributed by atoms with van der Waals surface area (Å²) < 4.78 is 7.21. The van der Waals surface area contributed by atoms with Gasteiger partial charge in [-0.2, -0.15) is 0 Å². The van der Waals surface area contributed by atoms with Crippen LogP contribution >= 0.6 is 11.3 Å². The highest BCUT2D eigenvalue weighted by molar-refractivity contribution is 7.18. The number of nitrogens with two attached hydrogens (primary N) is 1. The molecule has 0 aliphatic rings. The third-order valence-corrected chi connectivity index (χ3v) is 5.10. The molecule has 1 unspecified atom stereocenters. The van der Waals surface area contributed by atoms with E-state index in [1.165, 1.54) is 4.70 Å². The number of hydrogen-bond acceptors (Lipinski definition) is 4. The molecule has 0 aliphatic heterocycles. The zero-order valence-corrected chi connectivity index (χ0v) is 13.4.